The van der Waals surface area contributed by atoms with Crippen LogP contribution in [0.15, 0.2) is 11.3 Å². The molecule has 0 aromatic rings. The van der Waals surface area contributed by atoms with Crippen LogP contribution in [0.3, 0.4) is 0 Å². The number of hydrogen-bond donors (Lipinski definition) is 0. The Morgan fingerprint density at radius 1 is 1.22 bits per heavy atom. The minimum Gasteiger partial charge on any atom is -0.464 e. The molecule has 1 heterocycles. The second kappa shape index (κ2) is 8.04. The van der Waals surface area contributed by atoms with E-state index in [4.69, 9.17) is 9.16 Å². The van der Waals surface area contributed by atoms with Crippen LogP contribution in [0.1, 0.15) is 41.0 Å². The lowest BCUT2D eigenvalue weighted by atomic mass is 9.93. The molecular formula is C18H33NO6SSi. The third-order valence-corrected chi connectivity index (χ3v) is 11.3. The molecule has 0 aliphatic carbocycles. The molecule has 27 heavy (non-hydrogen) atoms. The van der Waals surface area contributed by atoms with Gasteiger partial charge in [0.05, 0.1) is 13.0 Å². The summed E-state index contributed by atoms with van der Waals surface area (Å²) in [6, 6.07) is 0. The van der Waals surface area contributed by atoms with Crippen LogP contribution in [0.4, 0.5) is 0 Å². The maximum atomic E-state index is 12.7. The van der Waals surface area contributed by atoms with Crippen LogP contribution in [0.25, 0.3) is 0 Å². The molecule has 1 amide bonds. The number of ether oxygens (including phenoxy) is 1. The van der Waals surface area contributed by atoms with E-state index in [-0.39, 0.29) is 16.6 Å². The van der Waals surface area contributed by atoms with Crippen LogP contribution in [0, 0.1) is 5.92 Å². The molecule has 0 bridgehead atoms. The van der Waals surface area contributed by atoms with Crippen molar-refractivity contribution in [2.75, 3.05) is 20.0 Å². The van der Waals surface area contributed by atoms with Crippen molar-refractivity contribution in [3.8, 4) is 0 Å². The molecule has 0 radical (unpaired) electrons. The number of allylic oxidation sites excluding steroid dienone is 1. The van der Waals surface area contributed by atoms with Crippen LogP contribution in [-0.4, -0.2) is 58.9 Å². The molecule has 1 saturated heterocycles. The summed E-state index contributed by atoms with van der Waals surface area (Å²) in [4.78, 5) is 25.9. The molecule has 0 spiro atoms. The first kappa shape index (κ1) is 23.8. The highest BCUT2D eigenvalue weighted by molar-refractivity contribution is 7.91. The number of carbonyl (C=O) groups is 2. The summed E-state index contributed by atoms with van der Waals surface area (Å²) in [6.07, 6.45) is 1.38. The lowest BCUT2D eigenvalue weighted by Gasteiger charge is -2.46. The number of carbonyl (C=O) groups excluding carboxylic acids is 2. The van der Waals surface area contributed by atoms with Crippen LogP contribution < -0.4 is 0 Å². The highest BCUT2D eigenvalue weighted by Gasteiger charge is 2.55. The standard InChI is InChI=1S/C18H33NO6SSi/c1-12(2)14(17(21)24-6)19-15(20)13(16(19)26(7,22)23)10-11-25-27(8,9)18(3,4)5/h13,16H,10-11H2,1-9H3/t13-,16-/m1/s1. The zero-order valence-electron chi connectivity index (χ0n) is 17.9. The first-order valence-corrected chi connectivity index (χ1v) is 13.8. The van der Waals surface area contributed by atoms with Gasteiger partial charge >= 0.3 is 5.97 Å². The van der Waals surface area contributed by atoms with E-state index in [1.807, 2.05) is 0 Å². The Morgan fingerprint density at radius 2 is 1.74 bits per heavy atom. The van der Waals surface area contributed by atoms with E-state index in [9.17, 15) is 18.0 Å². The maximum Gasteiger partial charge on any atom is 0.354 e. The summed E-state index contributed by atoms with van der Waals surface area (Å²) in [5, 5.41) is -1.05. The number of likely N-dealkylation sites (tertiary alicyclic amines) is 1. The molecule has 156 valence electrons. The molecule has 0 saturated carbocycles. The summed E-state index contributed by atoms with van der Waals surface area (Å²) in [6.45, 7) is 14.2. The molecular weight excluding hydrogens is 386 g/mol. The van der Waals surface area contributed by atoms with Crippen molar-refractivity contribution >= 4 is 30.0 Å². The summed E-state index contributed by atoms with van der Waals surface area (Å²) in [5.41, 5.74) is 0.527. The summed E-state index contributed by atoms with van der Waals surface area (Å²) in [5.74, 6) is -1.82. The second-order valence-corrected chi connectivity index (χ2v) is 15.7. The first-order valence-electron chi connectivity index (χ1n) is 8.98. The zero-order valence-corrected chi connectivity index (χ0v) is 19.7. The predicted octanol–water partition coefficient (Wildman–Crippen LogP) is 2.69. The van der Waals surface area contributed by atoms with Gasteiger partial charge in [-0.15, -0.1) is 0 Å². The Balaban J connectivity index is 3.04. The fourth-order valence-corrected chi connectivity index (χ4v) is 5.32. The number of methoxy groups -OCH3 is 1. The molecule has 0 aromatic heterocycles. The summed E-state index contributed by atoms with van der Waals surface area (Å²) in [7, 11) is -4.38. The van der Waals surface area contributed by atoms with Crippen molar-refractivity contribution in [3.63, 3.8) is 0 Å². The number of β-lactam (4-membered cyclic amide) rings is 1. The number of rotatable bonds is 7. The van der Waals surface area contributed by atoms with Crippen molar-refractivity contribution in [1.82, 2.24) is 4.90 Å². The van der Waals surface area contributed by atoms with Crippen molar-refractivity contribution in [2.45, 2.75) is 64.5 Å². The second-order valence-electron chi connectivity index (χ2n) is 8.77. The molecule has 0 N–H and O–H groups in total. The maximum absolute atomic E-state index is 12.7. The zero-order chi connectivity index (χ0) is 21.4. The molecule has 2 atom stereocenters. The Bertz CT molecular complexity index is 731. The van der Waals surface area contributed by atoms with E-state index in [2.05, 4.69) is 33.9 Å². The van der Waals surface area contributed by atoms with Crippen molar-refractivity contribution in [3.05, 3.63) is 11.3 Å². The van der Waals surface area contributed by atoms with Crippen molar-refractivity contribution < 1.29 is 27.2 Å². The van der Waals surface area contributed by atoms with Gasteiger partial charge in [0.15, 0.2) is 23.5 Å². The number of sulfone groups is 1. The smallest absolute Gasteiger partial charge is 0.354 e. The van der Waals surface area contributed by atoms with E-state index < -0.39 is 35.4 Å². The minimum absolute atomic E-state index is 0.000472. The monoisotopic (exact) mass is 419 g/mol. The topological polar surface area (TPSA) is 90.0 Å². The van der Waals surface area contributed by atoms with E-state index in [0.29, 0.717) is 18.6 Å². The van der Waals surface area contributed by atoms with Crippen LogP contribution in [0.2, 0.25) is 18.1 Å². The fraction of sp³-hybridized carbons (Fsp3) is 0.778. The van der Waals surface area contributed by atoms with E-state index >= 15 is 0 Å². The molecule has 1 aliphatic rings. The highest BCUT2D eigenvalue weighted by Crippen LogP contribution is 2.40. The number of nitrogens with zero attached hydrogens (tertiary/aromatic N) is 1. The van der Waals surface area contributed by atoms with Gasteiger partial charge in [0.25, 0.3) is 0 Å². The lowest BCUT2D eigenvalue weighted by Crippen LogP contribution is -2.64. The molecule has 1 fully saturated rings. The minimum atomic E-state index is -3.59. The Labute approximate surface area is 164 Å². The van der Waals surface area contributed by atoms with E-state index in [1.54, 1.807) is 13.8 Å². The van der Waals surface area contributed by atoms with Gasteiger partial charge in [0.2, 0.25) is 5.91 Å². The third-order valence-electron chi connectivity index (χ3n) is 5.38. The number of hydrogen-bond acceptors (Lipinski definition) is 6. The average Bonchev–Trinajstić information content (AvgIpc) is 2.48. The average molecular weight is 420 g/mol. The van der Waals surface area contributed by atoms with Gasteiger partial charge in [-0.3, -0.25) is 9.69 Å². The molecule has 1 aliphatic heterocycles. The summed E-state index contributed by atoms with van der Waals surface area (Å²) >= 11 is 0. The van der Waals surface area contributed by atoms with Gasteiger partial charge < -0.3 is 9.16 Å². The Morgan fingerprint density at radius 3 is 2.11 bits per heavy atom. The largest absolute Gasteiger partial charge is 0.464 e. The van der Waals surface area contributed by atoms with Gasteiger partial charge in [0, 0.05) is 12.9 Å². The van der Waals surface area contributed by atoms with E-state index in [1.165, 1.54) is 7.11 Å². The quantitative estimate of drug-likeness (QED) is 0.273. The molecule has 0 aromatic carbocycles. The first-order chi connectivity index (χ1) is 12.1. The van der Waals surface area contributed by atoms with Gasteiger partial charge in [-0.2, -0.15) is 0 Å². The number of amides is 1. The lowest BCUT2D eigenvalue weighted by molar-refractivity contribution is -0.154. The number of esters is 1. The normalized spacial score (nSPS) is 20.9. The van der Waals surface area contributed by atoms with Crippen LogP contribution in [-0.2, 0) is 28.6 Å². The Kier molecular flexibility index (Phi) is 7.10. The molecule has 9 heteroatoms. The summed E-state index contributed by atoms with van der Waals surface area (Å²) < 4.78 is 35.5. The fourth-order valence-electron chi connectivity index (χ4n) is 2.81. The SMILES string of the molecule is COC(=O)C(=C(C)C)N1C(=O)[C@@H](CCO[Si](C)(C)C(C)(C)C)[C@H]1S(C)(=O)=O. The Hall–Kier alpha value is -1.19. The van der Waals surface area contributed by atoms with Gasteiger partial charge in [0.1, 0.15) is 5.70 Å². The van der Waals surface area contributed by atoms with Crippen LogP contribution >= 0.6 is 0 Å². The highest BCUT2D eigenvalue weighted by atomic mass is 32.2. The van der Waals surface area contributed by atoms with Crippen molar-refractivity contribution in [2.24, 2.45) is 5.92 Å². The predicted molar refractivity (Wildman–Crippen MR) is 107 cm³/mol. The van der Waals surface area contributed by atoms with Gasteiger partial charge in [-0.25, -0.2) is 13.2 Å². The molecule has 1 rings (SSSR count). The third kappa shape index (κ3) is 5.00. The van der Waals surface area contributed by atoms with Crippen LogP contribution in [0.5, 0.6) is 0 Å². The van der Waals surface area contributed by atoms with Gasteiger partial charge in [-0.1, -0.05) is 20.8 Å². The van der Waals surface area contributed by atoms with Gasteiger partial charge in [-0.05, 0) is 44.0 Å². The molecule has 0 unspecified atom stereocenters. The van der Waals surface area contributed by atoms with E-state index in [0.717, 1.165) is 11.2 Å². The molecule has 7 nitrogen and oxygen atoms in total. The van der Waals surface area contributed by atoms with Crippen molar-refractivity contribution in [1.29, 1.82) is 0 Å².